The molecule has 102 valence electrons. The summed E-state index contributed by atoms with van der Waals surface area (Å²) in [4.78, 5) is 0. The second-order valence-corrected chi connectivity index (χ2v) is 3.95. The van der Waals surface area contributed by atoms with Gasteiger partial charge in [0.1, 0.15) is 17.3 Å². The number of aryl methyl sites for hydroxylation is 1. The van der Waals surface area contributed by atoms with Gasteiger partial charge >= 0.3 is 6.36 Å². The highest BCUT2D eigenvalue weighted by atomic mass is 19.4. The summed E-state index contributed by atoms with van der Waals surface area (Å²) in [5.41, 5.74) is 0.621. The Labute approximate surface area is 107 Å². The Morgan fingerprint density at radius 3 is 2.47 bits per heavy atom. The van der Waals surface area contributed by atoms with Crippen LogP contribution in [0.15, 0.2) is 34.7 Å². The third-order valence-electron chi connectivity index (χ3n) is 2.46. The van der Waals surface area contributed by atoms with E-state index < -0.39 is 6.36 Å². The molecule has 1 heterocycles. The Bertz CT molecular complexity index is 573. The predicted octanol–water partition coefficient (Wildman–Crippen LogP) is 3.65. The lowest BCUT2D eigenvalue weighted by atomic mass is 10.1. The molecule has 0 saturated carbocycles. The van der Waals surface area contributed by atoms with E-state index >= 15 is 0 Å². The average Bonchev–Trinajstić information content (AvgIpc) is 2.74. The largest absolute Gasteiger partial charge is 0.573 e. The molecule has 0 unspecified atom stereocenters. The number of ether oxygens (including phenoxy) is 1. The number of aliphatic hydroxyl groups excluding tert-OH is 1. The van der Waals surface area contributed by atoms with Crippen molar-refractivity contribution in [3.05, 3.63) is 41.7 Å². The monoisotopic (exact) mass is 272 g/mol. The van der Waals surface area contributed by atoms with Crippen molar-refractivity contribution < 1.29 is 27.4 Å². The molecule has 0 aliphatic carbocycles. The van der Waals surface area contributed by atoms with Crippen LogP contribution in [-0.2, 0) is 6.61 Å². The second-order valence-electron chi connectivity index (χ2n) is 3.95. The molecule has 0 atom stereocenters. The van der Waals surface area contributed by atoms with E-state index in [0.717, 1.165) is 6.07 Å². The van der Waals surface area contributed by atoms with Crippen LogP contribution in [0, 0.1) is 6.92 Å². The van der Waals surface area contributed by atoms with Crippen LogP contribution in [0.5, 0.6) is 5.75 Å². The highest BCUT2D eigenvalue weighted by molar-refractivity contribution is 5.67. The van der Waals surface area contributed by atoms with Gasteiger partial charge in [-0.2, -0.15) is 0 Å². The van der Waals surface area contributed by atoms with Gasteiger partial charge in [0, 0.05) is 0 Å². The van der Waals surface area contributed by atoms with Crippen molar-refractivity contribution in [2.45, 2.75) is 19.9 Å². The number of rotatable bonds is 3. The molecule has 3 nitrogen and oxygen atoms in total. The van der Waals surface area contributed by atoms with Crippen LogP contribution in [0.4, 0.5) is 13.2 Å². The van der Waals surface area contributed by atoms with E-state index in [4.69, 9.17) is 9.52 Å². The molecule has 0 aliphatic rings. The lowest BCUT2D eigenvalue weighted by Gasteiger charge is -2.13. The highest BCUT2D eigenvalue weighted by Crippen LogP contribution is 2.35. The highest BCUT2D eigenvalue weighted by Gasteiger charge is 2.32. The smallest absolute Gasteiger partial charge is 0.461 e. The molecule has 2 aromatic rings. The van der Waals surface area contributed by atoms with Gasteiger partial charge in [0.25, 0.3) is 0 Å². The van der Waals surface area contributed by atoms with Crippen LogP contribution in [-0.4, -0.2) is 11.5 Å². The second kappa shape index (κ2) is 4.97. The Morgan fingerprint density at radius 2 is 1.95 bits per heavy atom. The first kappa shape index (κ1) is 13.5. The molecule has 0 amide bonds. The third-order valence-corrected chi connectivity index (χ3v) is 2.46. The molecular formula is C13H11F3O3. The molecule has 0 spiro atoms. The van der Waals surface area contributed by atoms with Crippen molar-refractivity contribution in [3.63, 3.8) is 0 Å². The fourth-order valence-corrected chi connectivity index (χ4v) is 1.66. The molecule has 0 fully saturated rings. The number of hydrogen-bond acceptors (Lipinski definition) is 3. The summed E-state index contributed by atoms with van der Waals surface area (Å²) >= 11 is 0. The molecule has 19 heavy (non-hydrogen) atoms. The Kier molecular flexibility index (Phi) is 3.53. The zero-order chi connectivity index (χ0) is 14.0. The number of aliphatic hydroxyl groups is 1. The fraction of sp³-hybridized carbons (Fsp3) is 0.231. The normalized spacial score (nSPS) is 11.6. The molecule has 2 rings (SSSR count). The van der Waals surface area contributed by atoms with Crippen LogP contribution in [0.3, 0.4) is 0 Å². The van der Waals surface area contributed by atoms with Gasteiger partial charge in [-0.05, 0) is 36.8 Å². The first-order valence-electron chi connectivity index (χ1n) is 5.45. The number of benzene rings is 1. The Balaban J connectivity index is 2.48. The van der Waals surface area contributed by atoms with E-state index in [0.29, 0.717) is 11.3 Å². The van der Waals surface area contributed by atoms with Gasteiger partial charge in [0.15, 0.2) is 0 Å². The van der Waals surface area contributed by atoms with Crippen molar-refractivity contribution in [1.29, 1.82) is 0 Å². The molecule has 6 heteroatoms. The van der Waals surface area contributed by atoms with Gasteiger partial charge in [0.2, 0.25) is 0 Å². The molecule has 0 aliphatic heterocycles. The summed E-state index contributed by atoms with van der Waals surface area (Å²) in [6, 6.07) is 7.11. The van der Waals surface area contributed by atoms with Crippen molar-refractivity contribution in [2.24, 2.45) is 0 Å². The maximum atomic E-state index is 12.3. The quantitative estimate of drug-likeness (QED) is 0.927. The van der Waals surface area contributed by atoms with Gasteiger partial charge < -0.3 is 14.3 Å². The first-order valence-corrected chi connectivity index (χ1v) is 5.45. The Morgan fingerprint density at radius 1 is 1.21 bits per heavy atom. The number of hydrogen-bond donors (Lipinski definition) is 1. The van der Waals surface area contributed by atoms with Gasteiger partial charge in [-0.3, -0.25) is 0 Å². The summed E-state index contributed by atoms with van der Waals surface area (Å²) in [5, 5.41) is 9.04. The lowest BCUT2D eigenvalue weighted by molar-refractivity contribution is -0.274. The SMILES string of the molecule is Cc1ccc(-c2cc(CO)ccc2OC(F)(F)F)o1. The van der Waals surface area contributed by atoms with Crippen LogP contribution >= 0.6 is 0 Å². The van der Waals surface area contributed by atoms with Crippen LogP contribution in [0.25, 0.3) is 11.3 Å². The van der Waals surface area contributed by atoms with E-state index in [2.05, 4.69) is 4.74 Å². The average molecular weight is 272 g/mol. The number of alkyl halides is 3. The van der Waals surface area contributed by atoms with Crippen molar-refractivity contribution in [2.75, 3.05) is 0 Å². The van der Waals surface area contributed by atoms with Crippen LogP contribution in [0.2, 0.25) is 0 Å². The van der Waals surface area contributed by atoms with Gasteiger partial charge in [-0.1, -0.05) is 6.07 Å². The zero-order valence-electron chi connectivity index (χ0n) is 9.99. The van der Waals surface area contributed by atoms with E-state index in [-0.39, 0.29) is 23.7 Å². The molecule has 0 bridgehead atoms. The minimum atomic E-state index is -4.78. The topological polar surface area (TPSA) is 42.6 Å². The molecule has 1 aromatic heterocycles. The van der Waals surface area contributed by atoms with Gasteiger partial charge in [-0.15, -0.1) is 13.2 Å². The van der Waals surface area contributed by atoms with Gasteiger partial charge in [0.05, 0.1) is 12.2 Å². The summed E-state index contributed by atoms with van der Waals surface area (Å²) in [5.74, 6) is 0.466. The van der Waals surface area contributed by atoms with Gasteiger partial charge in [-0.25, -0.2) is 0 Å². The standard InChI is InChI=1S/C13H11F3O3/c1-8-2-4-11(18-8)10-6-9(7-17)3-5-12(10)19-13(14,15)16/h2-6,17H,7H2,1H3. The maximum Gasteiger partial charge on any atom is 0.573 e. The van der Waals surface area contributed by atoms with E-state index in [1.807, 2.05) is 0 Å². The molecule has 0 radical (unpaired) electrons. The maximum absolute atomic E-state index is 12.3. The predicted molar refractivity (Wildman–Crippen MR) is 61.5 cm³/mol. The van der Waals surface area contributed by atoms with E-state index in [9.17, 15) is 13.2 Å². The van der Waals surface area contributed by atoms with Crippen molar-refractivity contribution in [3.8, 4) is 17.1 Å². The minimum absolute atomic E-state index is 0.150. The van der Waals surface area contributed by atoms with Crippen LogP contribution in [0.1, 0.15) is 11.3 Å². The summed E-state index contributed by atoms with van der Waals surface area (Å²) < 4.78 is 46.2. The molecule has 0 saturated heterocycles. The lowest BCUT2D eigenvalue weighted by Crippen LogP contribution is -2.17. The number of furan rings is 1. The van der Waals surface area contributed by atoms with Crippen LogP contribution < -0.4 is 4.74 Å². The fourth-order valence-electron chi connectivity index (χ4n) is 1.66. The summed E-state index contributed by atoms with van der Waals surface area (Å²) in [7, 11) is 0. The molecule has 1 N–H and O–H groups in total. The third kappa shape index (κ3) is 3.29. The molecular weight excluding hydrogens is 261 g/mol. The van der Waals surface area contributed by atoms with E-state index in [1.165, 1.54) is 12.1 Å². The first-order chi connectivity index (χ1) is 8.89. The van der Waals surface area contributed by atoms with E-state index in [1.54, 1.807) is 19.1 Å². The summed E-state index contributed by atoms with van der Waals surface area (Å²) in [6.07, 6.45) is -4.78. The van der Waals surface area contributed by atoms with Crippen molar-refractivity contribution in [1.82, 2.24) is 0 Å². The summed E-state index contributed by atoms with van der Waals surface area (Å²) in [6.45, 7) is 1.41. The minimum Gasteiger partial charge on any atom is -0.461 e. The Hall–Kier alpha value is -1.95. The van der Waals surface area contributed by atoms with Crippen molar-refractivity contribution >= 4 is 0 Å². The zero-order valence-corrected chi connectivity index (χ0v) is 9.99. The number of halogens is 3. The molecule has 1 aromatic carbocycles.